The minimum atomic E-state index is -3.23. The normalized spacial score (nSPS) is 14.5. The first-order chi connectivity index (χ1) is 7.56. The van der Waals surface area contributed by atoms with Gasteiger partial charge in [-0.15, -0.1) is 0 Å². The average molecular weight is 251 g/mol. The van der Waals surface area contributed by atoms with E-state index in [2.05, 4.69) is 26.1 Å². The molecule has 0 fully saturated rings. The summed E-state index contributed by atoms with van der Waals surface area (Å²) in [7, 11) is 0. The van der Waals surface area contributed by atoms with Crippen molar-refractivity contribution in [1.82, 2.24) is 5.32 Å². The monoisotopic (exact) mass is 251 g/mol. The first kappa shape index (κ1) is 16.3. The van der Waals surface area contributed by atoms with E-state index >= 15 is 0 Å². The molecule has 0 bridgehead atoms. The molecule has 17 heavy (non-hydrogen) atoms. The number of hydrogen-bond donors (Lipinski definition) is 2. The number of halogens is 2. The minimum Gasteiger partial charge on any atom is -0.390 e. The Balaban J connectivity index is 3.95. The van der Waals surface area contributed by atoms with Gasteiger partial charge in [0.25, 0.3) is 5.92 Å². The van der Waals surface area contributed by atoms with Crippen molar-refractivity contribution in [3.05, 3.63) is 0 Å². The summed E-state index contributed by atoms with van der Waals surface area (Å²) in [6.45, 7) is 6.09. The molecule has 0 aromatic rings. The molecule has 0 aliphatic heterocycles. The van der Waals surface area contributed by atoms with Crippen LogP contribution in [-0.2, 0) is 4.79 Å². The van der Waals surface area contributed by atoms with Gasteiger partial charge in [0.15, 0.2) is 0 Å². The van der Waals surface area contributed by atoms with Crippen LogP contribution in [-0.4, -0.2) is 30.1 Å². The van der Waals surface area contributed by atoms with Crippen LogP contribution in [0, 0.1) is 11.3 Å². The van der Waals surface area contributed by atoms with Crippen molar-refractivity contribution in [2.75, 3.05) is 13.2 Å². The fourth-order valence-corrected chi connectivity index (χ4v) is 1.79. The summed E-state index contributed by atoms with van der Waals surface area (Å²) in [6.07, 6.45) is 1.09. The van der Waals surface area contributed by atoms with Crippen LogP contribution in [0.1, 0.15) is 40.5 Å². The zero-order valence-electron chi connectivity index (χ0n) is 11.0. The Morgan fingerprint density at radius 2 is 1.88 bits per heavy atom. The largest absolute Gasteiger partial charge is 0.390 e. The zero-order valence-corrected chi connectivity index (χ0v) is 11.0. The molecule has 102 valence electrons. The number of aliphatic hydroxyl groups excluding tert-OH is 1. The molecule has 0 rings (SSSR count). The molecule has 3 nitrogen and oxygen atoms in total. The van der Waals surface area contributed by atoms with E-state index in [1.54, 1.807) is 0 Å². The van der Waals surface area contributed by atoms with Gasteiger partial charge in [-0.1, -0.05) is 27.7 Å². The average Bonchev–Trinajstić information content (AvgIpc) is 2.12. The number of rotatable bonds is 6. The van der Waals surface area contributed by atoms with Crippen LogP contribution in [0.25, 0.3) is 0 Å². The molecular formula is C12H23F2NO2. The number of amides is 1. The molecule has 0 aromatic carbocycles. The summed E-state index contributed by atoms with van der Waals surface area (Å²) in [5.41, 5.74) is 0.120. The molecule has 0 aliphatic rings. The SMILES string of the molecule is CC(CC(=O)NCC(F)(F)CO)CC(C)(C)C. The molecule has 0 saturated carbocycles. The summed E-state index contributed by atoms with van der Waals surface area (Å²) in [5, 5.41) is 10.5. The van der Waals surface area contributed by atoms with Gasteiger partial charge in [0, 0.05) is 6.42 Å². The highest BCUT2D eigenvalue weighted by molar-refractivity contribution is 5.76. The lowest BCUT2D eigenvalue weighted by Crippen LogP contribution is -2.39. The van der Waals surface area contributed by atoms with Gasteiger partial charge in [-0.3, -0.25) is 4.79 Å². The lowest BCUT2D eigenvalue weighted by Gasteiger charge is -2.23. The number of hydrogen-bond acceptors (Lipinski definition) is 2. The Hall–Kier alpha value is -0.710. The number of carbonyl (C=O) groups is 1. The van der Waals surface area contributed by atoms with Gasteiger partial charge in [-0.2, -0.15) is 0 Å². The first-order valence-electron chi connectivity index (χ1n) is 5.81. The molecule has 0 aliphatic carbocycles. The predicted octanol–water partition coefficient (Wildman–Crippen LogP) is 2.19. The molecule has 0 heterocycles. The second-order valence-corrected chi connectivity index (χ2v) is 5.86. The summed E-state index contributed by atoms with van der Waals surface area (Å²) in [6, 6.07) is 0. The van der Waals surface area contributed by atoms with Gasteiger partial charge in [-0.25, -0.2) is 8.78 Å². The maximum absolute atomic E-state index is 12.7. The van der Waals surface area contributed by atoms with Crippen molar-refractivity contribution >= 4 is 5.91 Å². The van der Waals surface area contributed by atoms with Crippen molar-refractivity contribution in [3.63, 3.8) is 0 Å². The fraction of sp³-hybridized carbons (Fsp3) is 0.917. The molecular weight excluding hydrogens is 228 g/mol. The number of aliphatic hydroxyl groups is 1. The van der Waals surface area contributed by atoms with E-state index in [1.807, 2.05) is 6.92 Å². The van der Waals surface area contributed by atoms with E-state index in [0.29, 0.717) is 0 Å². The van der Waals surface area contributed by atoms with Gasteiger partial charge < -0.3 is 10.4 Å². The molecule has 0 spiro atoms. The standard InChI is InChI=1S/C12H23F2NO2/c1-9(6-11(2,3)4)5-10(17)15-7-12(13,14)8-16/h9,16H,5-8H2,1-4H3,(H,15,17). The topological polar surface area (TPSA) is 49.3 Å². The molecule has 0 saturated heterocycles. The third-order valence-corrected chi connectivity index (χ3v) is 2.27. The molecule has 1 unspecified atom stereocenters. The molecule has 1 amide bonds. The molecule has 0 aromatic heterocycles. The Bertz CT molecular complexity index is 249. The third kappa shape index (κ3) is 9.03. The van der Waals surface area contributed by atoms with Gasteiger partial charge in [0.05, 0.1) is 6.54 Å². The van der Waals surface area contributed by atoms with Crippen LogP contribution >= 0.6 is 0 Å². The van der Waals surface area contributed by atoms with Gasteiger partial charge in [0.2, 0.25) is 5.91 Å². The Labute approximate surface area is 102 Å². The molecule has 1 atom stereocenters. The van der Waals surface area contributed by atoms with Crippen LogP contribution in [0.4, 0.5) is 8.78 Å². The lowest BCUT2D eigenvalue weighted by molar-refractivity contribution is -0.125. The summed E-state index contributed by atoms with van der Waals surface area (Å²) in [4.78, 5) is 11.4. The van der Waals surface area contributed by atoms with Crippen LogP contribution in [0.3, 0.4) is 0 Å². The maximum Gasteiger partial charge on any atom is 0.287 e. The lowest BCUT2D eigenvalue weighted by atomic mass is 9.84. The van der Waals surface area contributed by atoms with E-state index in [1.165, 1.54) is 0 Å². The van der Waals surface area contributed by atoms with Crippen LogP contribution in [0.5, 0.6) is 0 Å². The Kier molecular flexibility index (Phi) is 6.02. The van der Waals surface area contributed by atoms with E-state index in [0.717, 1.165) is 6.42 Å². The summed E-state index contributed by atoms with van der Waals surface area (Å²) in [5.74, 6) is -3.48. The van der Waals surface area contributed by atoms with Crippen molar-refractivity contribution < 1.29 is 18.7 Å². The first-order valence-corrected chi connectivity index (χ1v) is 5.81. The highest BCUT2D eigenvalue weighted by atomic mass is 19.3. The highest BCUT2D eigenvalue weighted by Crippen LogP contribution is 2.25. The van der Waals surface area contributed by atoms with Crippen molar-refractivity contribution in [3.8, 4) is 0 Å². The molecule has 0 radical (unpaired) electrons. The summed E-state index contributed by atoms with van der Waals surface area (Å²) >= 11 is 0. The van der Waals surface area contributed by atoms with E-state index in [4.69, 9.17) is 5.11 Å². The van der Waals surface area contributed by atoms with Crippen LogP contribution < -0.4 is 5.32 Å². The second kappa shape index (κ2) is 6.28. The van der Waals surface area contributed by atoms with E-state index in [-0.39, 0.29) is 17.8 Å². The minimum absolute atomic E-state index is 0.120. The smallest absolute Gasteiger partial charge is 0.287 e. The van der Waals surface area contributed by atoms with Gasteiger partial charge in [-0.05, 0) is 17.8 Å². The van der Waals surface area contributed by atoms with Crippen molar-refractivity contribution in [2.24, 2.45) is 11.3 Å². The highest BCUT2D eigenvalue weighted by Gasteiger charge is 2.28. The maximum atomic E-state index is 12.7. The zero-order chi connectivity index (χ0) is 13.7. The predicted molar refractivity (Wildman–Crippen MR) is 62.9 cm³/mol. The number of carbonyl (C=O) groups excluding carboxylic acids is 1. The van der Waals surface area contributed by atoms with Crippen LogP contribution in [0.2, 0.25) is 0 Å². The fourth-order valence-electron chi connectivity index (χ4n) is 1.79. The Morgan fingerprint density at radius 3 is 2.29 bits per heavy atom. The van der Waals surface area contributed by atoms with Gasteiger partial charge >= 0.3 is 0 Å². The van der Waals surface area contributed by atoms with E-state index in [9.17, 15) is 13.6 Å². The quantitative estimate of drug-likeness (QED) is 0.760. The number of nitrogens with one attached hydrogen (secondary N) is 1. The van der Waals surface area contributed by atoms with Gasteiger partial charge in [0.1, 0.15) is 6.61 Å². The van der Waals surface area contributed by atoms with Crippen LogP contribution in [0.15, 0.2) is 0 Å². The van der Waals surface area contributed by atoms with E-state index < -0.39 is 25.0 Å². The molecule has 5 heteroatoms. The number of alkyl halides is 2. The Morgan fingerprint density at radius 1 is 1.35 bits per heavy atom. The summed E-state index contributed by atoms with van der Waals surface area (Å²) < 4.78 is 25.3. The third-order valence-electron chi connectivity index (χ3n) is 2.27. The molecule has 2 N–H and O–H groups in total. The van der Waals surface area contributed by atoms with Crippen molar-refractivity contribution in [2.45, 2.75) is 46.5 Å². The second-order valence-electron chi connectivity index (χ2n) is 5.86. The van der Waals surface area contributed by atoms with Crippen molar-refractivity contribution in [1.29, 1.82) is 0 Å².